The van der Waals surface area contributed by atoms with E-state index in [1.807, 2.05) is 20.8 Å². The van der Waals surface area contributed by atoms with Gasteiger partial charge in [-0.2, -0.15) is 5.26 Å². The number of hydrogen-bond donors (Lipinski definition) is 1. The number of anilines is 1. The monoisotopic (exact) mass is 304 g/mol. The number of carbonyl (C=O) groups excluding carboxylic acids is 1. The van der Waals surface area contributed by atoms with E-state index in [0.29, 0.717) is 35.9 Å². The lowest BCUT2D eigenvalue weighted by atomic mass is 9.93. The molecule has 22 heavy (non-hydrogen) atoms. The molecule has 0 aliphatic heterocycles. The molecule has 0 aliphatic carbocycles. The fourth-order valence-electron chi connectivity index (χ4n) is 2.28. The number of methoxy groups -OCH3 is 1. The van der Waals surface area contributed by atoms with Crippen molar-refractivity contribution >= 4 is 11.6 Å². The number of benzene rings is 1. The number of nitriles is 1. The molecule has 0 bridgehead atoms. The summed E-state index contributed by atoms with van der Waals surface area (Å²) in [5.41, 5.74) is -0.107. The number of nitrogens with zero attached hydrogens (tertiary/aromatic N) is 1. The molecule has 5 heteroatoms. The van der Waals surface area contributed by atoms with E-state index in [4.69, 9.17) is 9.47 Å². The average molecular weight is 304 g/mol. The zero-order valence-electron chi connectivity index (χ0n) is 13.9. The topological polar surface area (TPSA) is 71.3 Å². The van der Waals surface area contributed by atoms with Gasteiger partial charge in [0.2, 0.25) is 0 Å². The van der Waals surface area contributed by atoms with Crippen LogP contribution in [0.3, 0.4) is 0 Å². The third-order valence-corrected chi connectivity index (χ3v) is 3.40. The molecule has 1 unspecified atom stereocenters. The Morgan fingerprint density at radius 2 is 2.14 bits per heavy atom. The molecule has 0 aliphatic rings. The fourth-order valence-corrected chi connectivity index (χ4v) is 2.28. The van der Waals surface area contributed by atoms with E-state index in [1.165, 1.54) is 7.11 Å². The van der Waals surface area contributed by atoms with E-state index >= 15 is 0 Å². The van der Waals surface area contributed by atoms with Gasteiger partial charge in [-0.15, -0.1) is 0 Å². The first-order valence-corrected chi connectivity index (χ1v) is 7.39. The van der Waals surface area contributed by atoms with Crippen LogP contribution >= 0.6 is 0 Å². The Balaban J connectivity index is 2.98. The molecule has 1 aromatic rings. The highest BCUT2D eigenvalue weighted by molar-refractivity contribution is 5.98. The van der Waals surface area contributed by atoms with Crippen molar-refractivity contribution in [2.45, 2.75) is 39.7 Å². The van der Waals surface area contributed by atoms with Gasteiger partial charge >= 0.3 is 0 Å². The van der Waals surface area contributed by atoms with E-state index in [0.717, 1.165) is 0 Å². The van der Waals surface area contributed by atoms with Gasteiger partial charge in [0.25, 0.3) is 5.91 Å². The number of ether oxygens (including phenoxy) is 2. The van der Waals surface area contributed by atoms with Crippen LogP contribution in [0.1, 0.15) is 39.7 Å². The maximum atomic E-state index is 12.5. The average Bonchev–Trinajstić information content (AvgIpc) is 2.48. The predicted octanol–water partition coefficient (Wildman–Crippen LogP) is 3.35. The van der Waals surface area contributed by atoms with Gasteiger partial charge in [0.1, 0.15) is 17.4 Å². The van der Waals surface area contributed by atoms with Crippen molar-refractivity contribution in [3.8, 4) is 11.8 Å². The molecule has 1 aromatic carbocycles. The molecule has 120 valence electrons. The van der Waals surface area contributed by atoms with Crippen LogP contribution in [-0.4, -0.2) is 25.2 Å². The summed E-state index contributed by atoms with van der Waals surface area (Å²) < 4.78 is 10.8. The number of carbonyl (C=O) groups is 1. The largest absolute Gasteiger partial charge is 0.494 e. The molecular formula is C17H24N2O3. The zero-order chi connectivity index (χ0) is 16.8. The van der Waals surface area contributed by atoms with Gasteiger partial charge in [-0.05, 0) is 44.4 Å². The molecule has 0 radical (unpaired) electrons. The minimum Gasteiger partial charge on any atom is -0.494 e. The number of hydrogen-bond acceptors (Lipinski definition) is 4. The number of amides is 1. The fraction of sp³-hybridized carbons (Fsp3) is 0.529. The van der Waals surface area contributed by atoms with Crippen molar-refractivity contribution in [2.75, 3.05) is 19.0 Å². The third kappa shape index (κ3) is 4.47. The summed E-state index contributed by atoms with van der Waals surface area (Å²) in [6, 6.07) is 7.09. The second-order valence-corrected chi connectivity index (χ2v) is 5.74. The Hall–Kier alpha value is -2.06. The van der Waals surface area contributed by atoms with Crippen LogP contribution in [0.25, 0.3) is 0 Å². The quantitative estimate of drug-likeness (QED) is 0.838. The van der Waals surface area contributed by atoms with Crippen LogP contribution in [0.5, 0.6) is 5.75 Å². The van der Waals surface area contributed by atoms with Crippen LogP contribution in [-0.2, 0) is 9.53 Å². The summed E-state index contributed by atoms with van der Waals surface area (Å²) in [5, 5.41) is 12.0. The maximum absolute atomic E-state index is 12.5. The smallest absolute Gasteiger partial charge is 0.256 e. The van der Waals surface area contributed by atoms with Crippen molar-refractivity contribution < 1.29 is 14.3 Å². The first kappa shape index (κ1) is 18.0. The highest BCUT2D eigenvalue weighted by atomic mass is 16.5. The lowest BCUT2D eigenvalue weighted by Gasteiger charge is -2.28. The van der Waals surface area contributed by atoms with Crippen LogP contribution in [0.4, 0.5) is 5.69 Å². The van der Waals surface area contributed by atoms with E-state index in [-0.39, 0.29) is 5.91 Å². The van der Waals surface area contributed by atoms with Gasteiger partial charge in [0.15, 0.2) is 0 Å². The first-order chi connectivity index (χ1) is 10.4. The second-order valence-electron chi connectivity index (χ2n) is 5.74. The summed E-state index contributed by atoms with van der Waals surface area (Å²) in [7, 11) is 1.52. The minimum atomic E-state index is -0.931. The summed E-state index contributed by atoms with van der Waals surface area (Å²) in [6.45, 7) is 8.21. The maximum Gasteiger partial charge on any atom is 0.256 e. The molecule has 5 nitrogen and oxygen atoms in total. The molecule has 0 spiro atoms. The lowest BCUT2D eigenvalue weighted by molar-refractivity contribution is -0.137. The van der Waals surface area contributed by atoms with Crippen LogP contribution in [0, 0.1) is 17.2 Å². The minimum absolute atomic E-state index is 0.260. The molecule has 0 saturated heterocycles. The Bertz CT molecular complexity index is 564. The van der Waals surface area contributed by atoms with E-state index in [1.54, 1.807) is 25.1 Å². The van der Waals surface area contributed by atoms with Crippen molar-refractivity contribution in [3.05, 3.63) is 23.8 Å². The Labute approximate surface area is 132 Å². The zero-order valence-corrected chi connectivity index (χ0v) is 13.9. The molecule has 1 amide bonds. The van der Waals surface area contributed by atoms with Gasteiger partial charge in [0.05, 0.1) is 17.9 Å². The Morgan fingerprint density at radius 3 is 2.64 bits per heavy atom. The summed E-state index contributed by atoms with van der Waals surface area (Å²) in [4.78, 5) is 12.5. The van der Waals surface area contributed by atoms with Gasteiger partial charge in [-0.25, -0.2) is 0 Å². The molecule has 0 fully saturated rings. The van der Waals surface area contributed by atoms with Crippen molar-refractivity contribution in [3.63, 3.8) is 0 Å². The van der Waals surface area contributed by atoms with Gasteiger partial charge < -0.3 is 14.8 Å². The number of rotatable bonds is 7. The molecule has 0 aromatic heterocycles. The van der Waals surface area contributed by atoms with Crippen LogP contribution < -0.4 is 10.1 Å². The lowest BCUT2D eigenvalue weighted by Crippen LogP contribution is -2.43. The summed E-state index contributed by atoms with van der Waals surface area (Å²) >= 11 is 0. The van der Waals surface area contributed by atoms with Gasteiger partial charge in [0, 0.05) is 7.11 Å². The SMILES string of the molecule is CCOc1ccc(NC(=O)C(C)(CC(C)C)OC)c(C#N)c1. The summed E-state index contributed by atoms with van der Waals surface area (Å²) in [6.07, 6.45) is 0.592. The van der Waals surface area contributed by atoms with Crippen molar-refractivity contribution in [1.29, 1.82) is 5.26 Å². The van der Waals surface area contributed by atoms with Gasteiger partial charge in [-0.3, -0.25) is 4.79 Å². The van der Waals surface area contributed by atoms with Gasteiger partial charge in [-0.1, -0.05) is 13.8 Å². The standard InChI is InChI=1S/C17H24N2O3/c1-6-22-14-7-8-15(13(9-14)11-18)19-16(20)17(4,21-5)10-12(2)3/h7-9,12H,6,10H2,1-5H3,(H,19,20). The highest BCUT2D eigenvalue weighted by Crippen LogP contribution is 2.26. The number of nitrogens with one attached hydrogen (secondary N) is 1. The third-order valence-electron chi connectivity index (χ3n) is 3.40. The molecule has 0 saturated carbocycles. The van der Waals surface area contributed by atoms with Crippen LogP contribution in [0.2, 0.25) is 0 Å². The normalized spacial score (nSPS) is 13.3. The predicted molar refractivity (Wildman–Crippen MR) is 85.8 cm³/mol. The Kier molecular flexibility index (Phi) is 6.39. The summed E-state index contributed by atoms with van der Waals surface area (Å²) in [5.74, 6) is 0.657. The van der Waals surface area contributed by atoms with E-state index in [9.17, 15) is 10.1 Å². The van der Waals surface area contributed by atoms with E-state index in [2.05, 4.69) is 11.4 Å². The van der Waals surface area contributed by atoms with Crippen LogP contribution in [0.15, 0.2) is 18.2 Å². The Morgan fingerprint density at radius 1 is 1.45 bits per heavy atom. The molecular weight excluding hydrogens is 280 g/mol. The van der Waals surface area contributed by atoms with Crippen molar-refractivity contribution in [2.24, 2.45) is 5.92 Å². The first-order valence-electron chi connectivity index (χ1n) is 7.39. The highest BCUT2D eigenvalue weighted by Gasteiger charge is 2.34. The molecule has 1 rings (SSSR count). The second kappa shape index (κ2) is 7.81. The molecule has 1 N–H and O–H groups in total. The van der Waals surface area contributed by atoms with E-state index < -0.39 is 5.60 Å². The van der Waals surface area contributed by atoms with Crippen molar-refractivity contribution in [1.82, 2.24) is 0 Å². The molecule has 0 heterocycles. The molecule has 1 atom stereocenters.